The molecule has 0 fully saturated rings. The van der Waals surface area contributed by atoms with Gasteiger partial charge in [0.2, 0.25) is 0 Å². The van der Waals surface area contributed by atoms with Crippen LogP contribution in [-0.4, -0.2) is 45.9 Å². The molecule has 3 nitrogen and oxygen atoms in total. The predicted octanol–water partition coefficient (Wildman–Crippen LogP) is 0.596. The average molecular weight is 180 g/mol. The summed E-state index contributed by atoms with van der Waals surface area (Å²) in [5.41, 5.74) is 0. The van der Waals surface area contributed by atoms with E-state index in [1.807, 2.05) is 0 Å². The maximum absolute atomic E-state index is 5.15. The van der Waals surface area contributed by atoms with Crippen LogP contribution in [0.1, 0.15) is 0 Å². The van der Waals surface area contributed by atoms with Crippen molar-refractivity contribution in [1.29, 1.82) is 0 Å². The molecule has 0 bridgehead atoms. The molecule has 0 N–H and O–H groups in total. The SMILES string of the molecule is COCCOCCOCCS. The summed E-state index contributed by atoms with van der Waals surface area (Å²) in [6.07, 6.45) is 0. The smallest absolute Gasteiger partial charge is 0.0701 e. The van der Waals surface area contributed by atoms with E-state index in [1.54, 1.807) is 7.11 Å². The molecule has 0 radical (unpaired) electrons. The fourth-order valence-electron chi connectivity index (χ4n) is 0.529. The van der Waals surface area contributed by atoms with Crippen molar-refractivity contribution in [3.63, 3.8) is 0 Å². The van der Waals surface area contributed by atoms with Crippen LogP contribution in [-0.2, 0) is 14.2 Å². The predicted molar refractivity (Wildman–Crippen MR) is 47.4 cm³/mol. The molecule has 0 saturated heterocycles. The summed E-state index contributed by atoms with van der Waals surface area (Å²) in [5, 5.41) is 0. The molecule has 68 valence electrons. The van der Waals surface area contributed by atoms with Crippen molar-refractivity contribution in [2.24, 2.45) is 0 Å². The van der Waals surface area contributed by atoms with Gasteiger partial charge in [0.1, 0.15) is 0 Å². The minimum absolute atomic E-state index is 0.636. The van der Waals surface area contributed by atoms with Crippen molar-refractivity contribution in [3.8, 4) is 0 Å². The summed E-state index contributed by atoms with van der Waals surface area (Å²) in [5.74, 6) is 0.762. The molecule has 0 aliphatic carbocycles. The van der Waals surface area contributed by atoms with Crippen LogP contribution in [0.15, 0.2) is 0 Å². The second kappa shape index (κ2) is 10.2. The van der Waals surface area contributed by atoms with Gasteiger partial charge < -0.3 is 14.2 Å². The van der Waals surface area contributed by atoms with E-state index in [0.29, 0.717) is 33.0 Å². The Morgan fingerprint density at radius 3 is 2.00 bits per heavy atom. The van der Waals surface area contributed by atoms with Gasteiger partial charge in [0.15, 0.2) is 0 Å². The molecule has 0 aliphatic heterocycles. The summed E-state index contributed by atoms with van der Waals surface area (Å²) < 4.78 is 15.1. The van der Waals surface area contributed by atoms with Crippen molar-refractivity contribution in [2.45, 2.75) is 0 Å². The molecular weight excluding hydrogens is 164 g/mol. The van der Waals surface area contributed by atoms with E-state index in [9.17, 15) is 0 Å². The first-order chi connectivity index (χ1) is 5.41. The fourth-order valence-corrected chi connectivity index (χ4v) is 0.658. The third-order valence-corrected chi connectivity index (χ3v) is 1.22. The fraction of sp³-hybridized carbons (Fsp3) is 1.00. The van der Waals surface area contributed by atoms with Gasteiger partial charge in [-0.2, -0.15) is 12.6 Å². The second-order valence-electron chi connectivity index (χ2n) is 1.94. The van der Waals surface area contributed by atoms with Crippen LogP contribution in [0.4, 0.5) is 0 Å². The minimum Gasteiger partial charge on any atom is -0.382 e. The number of hydrogen-bond donors (Lipinski definition) is 1. The van der Waals surface area contributed by atoms with Gasteiger partial charge in [0.05, 0.1) is 33.0 Å². The molecule has 0 atom stereocenters. The van der Waals surface area contributed by atoms with Crippen molar-refractivity contribution in [1.82, 2.24) is 0 Å². The van der Waals surface area contributed by atoms with Crippen LogP contribution in [0, 0.1) is 0 Å². The van der Waals surface area contributed by atoms with Gasteiger partial charge in [-0.3, -0.25) is 0 Å². The molecule has 0 aromatic rings. The quantitative estimate of drug-likeness (QED) is 0.438. The van der Waals surface area contributed by atoms with Crippen LogP contribution in [0.2, 0.25) is 0 Å². The Labute approximate surface area is 73.4 Å². The lowest BCUT2D eigenvalue weighted by atomic mass is 10.7. The molecule has 0 aromatic heterocycles. The normalized spacial score (nSPS) is 10.4. The highest BCUT2D eigenvalue weighted by atomic mass is 32.1. The summed E-state index contributed by atoms with van der Waals surface area (Å²) in [7, 11) is 1.65. The van der Waals surface area contributed by atoms with E-state index in [2.05, 4.69) is 12.6 Å². The maximum Gasteiger partial charge on any atom is 0.0701 e. The molecule has 0 unspecified atom stereocenters. The van der Waals surface area contributed by atoms with Crippen LogP contribution in [0.25, 0.3) is 0 Å². The molecular formula is C7H16O3S. The number of ether oxygens (including phenoxy) is 3. The maximum atomic E-state index is 5.15. The topological polar surface area (TPSA) is 27.7 Å². The largest absolute Gasteiger partial charge is 0.382 e. The summed E-state index contributed by atoms with van der Waals surface area (Å²) in [6.45, 7) is 3.26. The molecule has 0 spiro atoms. The van der Waals surface area contributed by atoms with E-state index < -0.39 is 0 Å². The Morgan fingerprint density at radius 2 is 1.45 bits per heavy atom. The van der Waals surface area contributed by atoms with Crippen LogP contribution in [0.5, 0.6) is 0 Å². The molecule has 11 heavy (non-hydrogen) atoms. The minimum atomic E-state index is 0.636. The number of methoxy groups -OCH3 is 1. The summed E-state index contributed by atoms with van der Waals surface area (Å²) >= 11 is 3.99. The monoisotopic (exact) mass is 180 g/mol. The molecule has 4 heteroatoms. The van der Waals surface area contributed by atoms with Gasteiger partial charge in [0, 0.05) is 12.9 Å². The van der Waals surface area contributed by atoms with Crippen molar-refractivity contribution in [2.75, 3.05) is 45.9 Å². The van der Waals surface area contributed by atoms with E-state index in [-0.39, 0.29) is 0 Å². The first-order valence-corrected chi connectivity index (χ1v) is 4.30. The number of rotatable bonds is 8. The Hall–Kier alpha value is 0.230. The Morgan fingerprint density at radius 1 is 0.909 bits per heavy atom. The third-order valence-electron chi connectivity index (χ3n) is 1.04. The lowest BCUT2D eigenvalue weighted by Crippen LogP contribution is -2.09. The Kier molecular flexibility index (Phi) is 10.4. The van der Waals surface area contributed by atoms with E-state index >= 15 is 0 Å². The molecule has 0 saturated carbocycles. The third kappa shape index (κ3) is 10.2. The van der Waals surface area contributed by atoms with E-state index in [4.69, 9.17) is 14.2 Å². The lowest BCUT2D eigenvalue weighted by molar-refractivity contribution is 0.0286. The van der Waals surface area contributed by atoms with Gasteiger partial charge in [-0.05, 0) is 0 Å². The van der Waals surface area contributed by atoms with Crippen LogP contribution in [0.3, 0.4) is 0 Å². The van der Waals surface area contributed by atoms with Crippen LogP contribution >= 0.6 is 12.6 Å². The van der Waals surface area contributed by atoms with Gasteiger partial charge >= 0.3 is 0 Å². The standard InChI is InChI=1S/C7H16O3S/c1-8-2-3-9-4-5-10-6-7-11/h11H,2-7H2,1H3. The van der Waals surface area contributed by atoms with E-state index in [1.165, 1.54) is 0 Å². The zero-order valence-electron chi connectivity index (χ0n) is 6.91. The van der Waals surface area contributed by atoms with Gasteiger partial charge in [0.25, 0.3) is 0 Å². The Balaban J connectivity index is 2.69. The van der Waals surface area contributed by atoms with Gasteiger partial charge in [-0.1, -0.05) is 0 Å². The molecule has 0 aliphatic rings. The van der Waals surface area contributed by atoms with E-state index in [0.717, 1.165) is 5.75 Å². The summed E-state index contributed by atoms with van der Waals surface area (Å²) in [4.78, 5) is 0. The van der Waals surface area contributed by atoms with Crippen molar-refractivity contribution < 1.29 is 14.2 Å². The van der Waals surface area contributed by atoms with Gasteiger partial charge in [-0.15, -0.1) is 0 Å². The van der Waals surface area contributed by atoms with Crippen LogP contribution < -0.4 is 0 Å². The molecule has 0 rings (SSSR count). The van der Waals surface area contributed by atoms with Gasteiger partial charge in [-0.25, -0.2) is 0 Å². The first kappa shape index (κ1) is 11.2. The number of thiol groups is 1. The lowest BCUT2D eigenvalue weighted by Gasteiger charge is -2.03. The van der Waals surface area contributed by atoms with Crippen molar-refractivity contribution >= 4 is 12.6 Å². The number of hydrogen-bond acceptors (Lipinski definition) is 4. The summed E-state index contributed by atoms with van der Waals surface area (Å²) in [6, 6.07) is 0. The highest BCUT2D eigenvalue weighted by Crippen LogP contribution is 1.80. The average Bonchev–Trinajstić information content (AvgIpc) is 2.03. The second-order valence-corrected chi connectivity index (χ2v) is 2.39. The zero-order chi connectivity index (χ0) is 8.36. The highest BCUT2D eigenvalue weighted by molar-refractivity contribution is 7.80. The molecule has 0 aromatic carbocycles. The molecule has 0 amide bonds. The first-order valence-electron chi connectivity index (χ1n) is 3.67. The van der Waals surface area contributed by atoms with Crippen molar-refractivity contribution in [3.05, 3.63) is 0 Å². The Bertz CT molecular complexity index is 62.7. The highest BCUT2D eigenvalue weighted by Gasteiger charge is 1.87. The molecule has 0 heterocycles. The zero-order valence-corrected chi connectivity index (χ0v) is 7.81.